The smallest absolute Gasteiger partial charge is 0.166 e. The van der Waals surface area contributed by atoms with E-state index in [2.05, 4.69) is 35.4 Å². The van der Waals surface area contributed by atoms with Crippen LogP contribution in [-0.4, -0.2) is 41.8 Å². The molecular formula is C27H31Cl2N3O. The van der Waals surface area contributed by atoms with Crippen LogP contribution in [0.15, 0.2) is 36.5 Å². The Morgan fingerprint density at radius 1 is 1.06 bits per heavy atom. The third-order valence-corrected chi connectivity index (χ3v) is 7.66. The number of rotatable bonds is 6. The number of carbonyl (C=O) groups is 1. The summed E-state index contributed by atoms with van der Waals surface area (Å²) in [7, 11) is 4.30. The molecule has 174 valence electrons. The van der Waals surface area contributed by atoms with Crippen molar-refractivity contribution in [3.63, 3.8) is 0 Å². The Morgan fingerprint density at radius 2 is 1.73 bits per heavy atom. The van der Waals surface area contributed by atoms with Gasteiger partial charge in [0.1, 0.15) is 0 Å². The van der Waals surface area contributed by atoms with Crippen molar-refractivity contribution in [1.82, 2.24) is 9.88 Å². The predicted molar refractivity (Wildman–Crippen MR) is 140 cm³/mol. The molecule has 1 N–H and O–H groups in total. The zero-order chi connectivity index (χ0) is 23.7. The van der Waals surface area contributed by atoms with Gasteiger partial charge in [0.15, 0.2) is 5.78 Å². The van der Waals surface area contributed by atoms with E-state index in [-0.39, 0.29) is 5.78 Å². The van der Waals surface area contributed by atoms with Crippen LogP contribution in [0.2, 0.25) is 10.0 Å². The van der Waals surface area contributed by atoms with Crippen molar-refractivity contribution < 1.29 is 4.79 Å². The maximum Gasteiger partial charge on any atom is 0.166 e. The number of benzene rings is 2. The van der Waals surface area contributed by atoms with Gasteiger partial charge in [0, 0.05) is 40.1 Å². The molecule has 0 amide bonds. The molecule has 0 saturated heterocycles. The monoisotopic (exact) mass is 483 g/mol. The number of ketones is 1. The Kier molecular flexibility index (Phi) is 7.28. The molecule has 0 radical (unpaired) electrons. The van der Waals surface area contributed by atoms with E-state index in [4.69, 9.17) is 23.2 Å². The van der Waals surface area contributed by atoms with Crippen LogP contribution in [0.4, 0.5) is 5.69 Å². The SMILES string of the molecule is CCC(=O)c1cnc2ccc(-c3cc(Cl)c(C)c(Cl)c3)cc2c1N[C@H]1CC[C@H](N(C)C)CC1. The van der Waals surface area contributed by atoms with E-state index in [1.807, 2.05) is 38.1 Å². The quantitative estimate of drug-likeness (QED) is 0.371. The first kappa shape index (κ1) is 24.0. The van der Waals surface area contributed by atoms with Gasteiger partial charge >= 0.3 is 0 Å². The summed E-state index contributed by atoms with van der Waals surface area (Å²) in [6.07, 6.45) is 6.62. The molecule has 1 aliphatic carbocycles. The summed E-state index contributed by atoms with van der Waals surface area (Å²) < 4.78 is 0. The Morgan fingerprint density at radius 3 is 2.33 bits per heavy atom. The number of aromatic nitrogens is 1. The Balaban J connectivity index is 1.77. The standard InChI is InChI=1S/C27H31Cl2N3O/c1-5-26(33)22-15-30-25-11-6-17(18-13-23(28)16(2)24(29)14-18)12-21(25)27(22)31-19-7-9-20(10-8-19)32(3)4/h6,11-15,19-20H,5,7-10H2,1-4H3,(H,30,31)/t19-,20-. The van der Waals surface area contributed by atoms with Crippen LogP contribution in [-0.2, 0) is 0 Å². The fourth-order valence-corrected chi connectivity index (χ4v) is 5.17. The van der Waals surface area contributed by atoms with Crippen LogP contribution < -0.4 is 5.32 Å². The third kappa shape index (κ3) is 5.03. The minimum absolute atomic E-state index is 0.0979. The molecule has 0 aliphatic heterocycles. The number of hydrogen-bond donors (Lipinski definition) is 1. The molecule has 1 saturated carbocycles. The molecule has 0 bridgehead atoms. The summed E-state index contributed by atoms with van der Waals surface area (Å²) in [5, 5.41) is 5.98. The molecule has 3 aromatic rings. The van der Waals surface area contributed by atoms with E-state index >= 15 is 0 Å². The summed E-state index contributed by atoms with van der Waals surface area (Å²) in [5.74, 6) is 0.0979. The number of Topliss-reactive ketones (excluding diaryl/α,β-unsaturated/α-hetero) is 1. The molecule has 33 heavy (non-hydrogen) atoms. The van der Waals surface area contributed by atoms with Crippen molar-refractivity contribution in [1.29, 1.82) is 0 Å². The van der Waals surface area contributed by atoms with E-state index in [0.29, 0.717) is 34.1 Å². The number of hydrogen-bond acceptors (Lipinski definition) is 4. The lowest BCUT2D eigenvalue weighted by molar-refractivity contribution is 0.0988. The van der Waals surface area contributed by atoms with Gasteiger partial charge in [0.25, 0.3) is 0 Å². The number of nitrogens with one attached hydrogen (secondary N) is 1. The second kappa shape index (κ2) is 10.0. The average molecular weight is 484 g/mol. The van der Waals surface area contributed by atoms with Crippen molar-refractivity contribution in [2.45, 2.75) is 58.0 Å². The van der Waals surface area contributed by atoms with Crippen molar-refractivity contribution in [2.75, 3.05) is 19.4 Å². The molecule has 6 heteroatoms. The fourth-order valence-electron chi connectivity index (χ4n) is 4.68. The molecule has 2 aromatic carbocycles. The van der Waals surface area contributed by atoms with Gasteiger partial charge in [0.05, 0.1) is 16.8 Å². The van der Waals surface area contributed by atoms with E-state index in [1.54, 1.807) is 6.20 Å². The van der Waals surface area contributed by atoms with Crippen molar-refractivity contribution in [2.24, 2.45) is 0 Å². The first-order valence-electron chi connectivity index (χ1n) is 11.6. The molecule has 0 unspecified atom stereocenters. The number of pyridine rings is 1. The molecule has 4 nitrogen and oxygen atoms in total. The van der Waals surface area contributed by atoms with Gasteiger partial charge in [0.2, 0.25) is 0 Å². The normalized spacial score (nSPS) is 18.6. The highest BCUT2D eigenvalue weighted by atomic mass is 35.5. The topological polar surface area (TPSA) is 45.2 Å². The highest BCUT2D eigenvalue weighted by molar-refractivity contribution is 6.36. The largest absolute Gasteiger partial charge is 0.381 e. The van der Waals surface area contributed by atoms with Crippen LogP contribution in [0.5, 0.6) is 0 Å². The van der Waals surface area contributed by atoms with Gasteiger partial charge in [-0.1, -0.05) is 36.2 Å². The minimum atomic E-state index is 0.0979. The summed E-state index contributed by atoms with van der Waals surface area (Å²) in [6, 6.07) is 11.0. The third-order valence-electron chi connectivity index (χ3n) is 6.88. The molecule has 4 rings (SSSR count). The van der Waals surface area contributed by atoms with E-state index in [9.17, 15) is 4.79 Å². The zero-order valence-electron chi connectivity index (χ0n) is 19.7. The Bertz CT molecular complexity index is 1160. The zero-order valence-corrected chi connectivity index (χ0v) is 21.2. The van der Waals surface area contributed by atoms with Crippen LogP contribution in [0.1, 0.15) is 54.9 Å². The molecule has 1 heterocycles. The first-order chi connectivity index (χ1) is 15.8. The average Bonchev–Trinajstić information content (AvgIpc) is 2.82. The van der Waals surface area contributed by atoms with Gasteiger partial charge in [-0.05, 0) is 87.7 Å². The Hall–Kier alpha value is -2.14. The van der Waals surface area contributed by atoms with Crippen LogP contribution >= 0.6 is 23.2 Å². The number of nitrogens with zero attached hydrogens (tertiary/aromatic N) is 2. The number of halogens is 2. The van der Waals surface area contributed by atoms with Gasteiger partial charge < -0.3 is 10.2 Å². The molecule has 1 aromatic heterocycles. The number of carbonyl (C=O) groups excluding carboxylic acids is 1. The first-order valence-corrected chi connectivity index (χ1v) is 12.4. The van der Waals surface area contributed by atoms with Crippen molar-refractivity contribution in [3.8, 4) is 11.1 Å². The lowest BCUT2D eigenvalue weighted by atomic mass is 9.90. The molecular weight excluding hydrogens is 453 g/mol. The molecule has 0 atom stereocenters. The van der Waals surface area contributed by atoms with Gasteiger partial charge in [-0.15, -0.1) is 0 Å². The molecule has 0 spiro atoms. The van der Waals surface area contributed by atoms with Crippen molar-refractivity contribution in [3.05, 3.63) is 57.7 Å². The lowest BCUT2D eigenvalue weighted by Crippen LogP contribution is -2.36. The maximum absolute atomic E-state index is 12.8. The van der Waals surface area contributed by atoms with Crippen molar-refractivity contribution >= 4 is 45.6 Å². The summed E-state index contributed by atoms with van der Waals surface area (Å²) in [4.78, 5) is 19.7. The summed E-state index contributed by atoms with van der Waals surface area (Å²) >= 11 is 12.8. The van der Waals surface area contributed by atoms with Gasteiger partial charge in [-0.3, -0.25) is 9.78 Å². The second-order valence-corrected chi connectivity index (χ2v) is 10.0. The summed E-state index contributed by atoms with van der Waals surface area (Å²) in [6.45, 7) is 3.81. The van der Waals surface area contributed by atoms with Crippen LogP contribution in [0.3, 0.4) is 0 Å². The highest BCUT2D eigenvalue weighted by Gasteiger charge is 2.24. The minimum Gasteiger partial charge on any atom is -0.381 e. The maximum atomic E-state index is 12.8. The van der Waals surface area contributed by atoms with E-state index in [1.165, 1.54) is 0 Å². The predicted octanol–water partition coefficient (Wildman–Crippen LogP) is 7.39. The number of anilines is 1. The molecule has 1 fully saturated rings. The lowest BCUT2D eigenvalue weighted by Gasteiger charge is -2.34. The number of fused-ring (bicyclic) bond motifs is 1. The Labute approximate surface area is 206 Å². The molecule has 1 aliphatic rings. The van der Waals surface area contributed by atoms with Crippen LogP contribution in [0, 0.1) is 6.92 Å². The van der Waals surface area contributed by atoms with Gasteiger partial charge in [-0.2, -0.15) is 0 Å². The van der Waals surface area contributed by atoms with E-state index in [0.717, 1.165) is 59.0 Å². The summed E-state index contributed by atoms with van der Waals surface area (Å²) in [5.41, 5.74) is 5.23. The van der Waals surface area contributed by atoms with Gasteiger partial charge in [-0.25, -0.2) is 0 Å². The van der Waals surface area contributed by atoms with Crippen LogP contribution in [0.25, 0.3) is 22.0 Å². The second-order valence-electron chi connectivity index (χ2n) is 9.23. The van der Waals surface area contributed by atoms with E-state index < -0.39 is 0 Å². The fraction of sp³-hybridized carbons (Fsp3) is 0.407. The highest BCUT2D eigenvalue weighted by Crippen LogP contribution is 2.36.